The number of hydrogen-bond acceptors (Lipinski definition) is 4. The number of ether oxygens (including phenoxy) is 2. The zero-order chi connectivity index (χ0) is 18.2. The summed E-state index contributed by atoms with van der Waals surface area (Å²) in [6.45, 7) is 8.44. The molecule has 0 aromatic heterocycles. The van der Waals surface area contributed by atoms with Crippen LogP contribution >= 0.6 is 0 Å². The summed E-state index contributed by atoms with van der Waals surface area (Å²) in [5, 5.41) is 0. The second-order valence-electron chi connectivity index (χ2n) is 6.85. The maximum absolute atomic E-state index is 5.92. The minimum Gasteiger partial charge on any atom is -0.497 e. The van der Waals surface area contributed by atoms with Gasteiger partial charge in [-0.05, 0) is 62.2 Å². The van der Waals surface area contributed by atoms with Gasteiger partial charge in [0.2, 0.25) is 0 Å². The van der Waals surface area contributed by atoms with Crippen LogP contribution in [0.25, 0.3) is 0 Å². The molecule has 2 aromatic rings. The molecule has 140 valence electrons. The number of methoxy groups -OCH3 is 1. The Labute approximate surface area is 157 Å². The molecule has 3 rings (SSSR count). The van der Waals surface area contributed by atoms with E-state index >= 15 is 0 Å². The highest BCUT2D eigenvalue weighted by Crippen LogP contribution is 2.21. The molecular formula is C22H30N2O2. The molecule has 0 N–H and O–H groups in total. The first kappa shape index (κ1) is 18.6. The summed E-state index contributed by atoms with van der Waals surface area (Å²) in [7, 11) is 1.71. The molecule has 0 radical (unpaired) electrons. The lowest BCUT2D eigenvalue weighted by molar-refractivity contribution is 0.243. The van der Waals surface area contributed by atoms with Gasteiger partial charge in [-0.15, -0.1) is 0 Å². The van der Waals surface area contributed by atoms with Gasteiger partial charge >= 0.3 is 0 Å². The number of rotatable bonds is 7. The summed E-state index contributed by atoms with van der Waals surface area (Å²) in [4.78, 5) is 5.04. The summed E-state index contributed by atoms with van der Waals surface area (Å²) in [6.07, 6.45) is 2.27. The third-order valence-corrected chi connectivity index (χ3v) is 5.00. The molecule has 1 saturated heterocycles. The van der Waals surface area contributed by atoms with Crippen LogP contribution in [-0.4, -0.2) is 51.3 Å². The highest BCUT2D eigenvalue weighted by molar-refractivity contribution is 5.49. The molecule has 0 aliphatic carbocycles. The molecule has 1 aliphatic heterocycles. The van der Waals surface area contributed by atoms with Gasteiger partial charge in [0.1, 0.15) is 11.5 Å². The number of para-hydroxylation sites is 1. The van der Waals surface area contributed by atoms with Crippen molar-refractivity contribution in [2.75, 3.05) is 51.3 Å². The molecule has 0 saturated carbocycles. The van der Waals surface area contributed by atoms with E-state index in [0.29, 0.717) is 0 Å². The third kappa shape index (κ3) is 5.15. The van der Waals surface area contributed by atoms with Crippen LogP contribution in [0.3, 0.4) is 0 Å². The van der Waals surface area contributed by atoms with Crippen molar-refractivity contribution in [2.45, 2.75) is 19.8 Å². The second kappa shape index (κ2) is 9.48. The third-order valence-electron chi connectivity index (χ3n) is 5.00. The molecule has 0 atom stereocenters. The van der Waals surface area contributed by atoms with Crippen LogP contribution in [0, 0.1) is 6.92 Å². The van der Waals surface area contributed by atoms with Crippen molar-refractivity contribution in [2.24, 2.45) is 0 Å². The van der Waals surface area contributed by atoms with Crippen molar-refractivity contribution < 1.29 is 9.47 Å². The van der Waals surface area contributed by atoms with Gasteiger partial charge in [-0.3, -0.25) is 0 Å². The second-order valence-corrected chi connectivity index (χ2v) is 6.85. The molecular weight excluding hydrogens is 324 g/mol. The maximum Gasteiger partial charge on any atom is 0.122 e. The van der Waals surface area contributed by atoms with Gasteiger partial charge in [-0.2, -0.15) is 0 Å². The van der Waals surface area contributed by atoms with Crippen LogP contribution in [-0.2, 0) is 0 Å². The van der Waals surface area contributed by atoms with Gasteiger partial charge in [0.25, 0.3) is 0 Å². The predicted octanol–water partition coefficient (Wildman–Crippen LogP) is 3.98. The van der Waals surface area contributed by atoms with E-state index in [2.05, 4.69) is 34.9 Å². The average Bonchev–Trinajstić information content (AvgIpc) is 2.92. The van der Waals surface area contributed by atoms with E-state index in [4.69, 9.17) is 9.47 Å². The summed E-state index contributed by atoms with van der Waals surface area (Å²) < 4.78 is 11.2. The van der Waals surface area contributed by atoms with Crippen molar-refractivity contribution in [1.82, 2.24) is 4.90 Å². The SMILES string of the molecule is COc1ccc(N2CCCN(CCCOc3ccccc3C)CC2)cc1. The fourth-order valence-corrected chi connectivity index (χ4v) is 3.43. The van der Waals surface area contributed by atoms with Crippen LogP contribution < -0.4 is 14.4 Å². The zero-order valence-corrected chi connectivity index (χ0v) is 16.0. The molecule has 4 heteroatoms. The number of aryl methyl sites for hydroxylation is 1. The molecule has 2 aromatic carbocycles. The van der Waals surface area contributed by atoms with E-state index in [9.17, 15) is 0 Å². The first-order valence-electron chi connectivity index (χ1n) is 9.56. The van der Waals surface area contributed by atoms with Gasteiger partial charge in [-0.1, -0.05) is 18.2 Å². The monoisotopic (exact) mass is 354 g/mol. The van der Waals surface area contributed by atoms with Crippen LogP contribution in [0.15, 0.2) is 48.5 Å². The quantitative estimate of drug-likeness (QED) is 0.702. The Balaban J connectivity index is 1.41. The molecule has 0 unspecified atom stereocenters. The molecule has 4 nitrogen and oxygen atoms in total. The molecule has 1 heterocycles. The zero-order valence-electron chi connectivity index (χ0n) is 16.0. The van der Waals surface area contributed by atoms with Crippen molar-refractivity contribution in [3.63, 3.8) is 0 Å². The van der Waals surface area contributed by atoms with Crippen LogP contribution in [0.5, 0.6) is 11.5 Å². The largest absolute Gasteiger partial charge is 0.497 e. The molecule has 1 aliphatic rings. The van der Waals surface area contributed by atoms with E-state index in [1.807, 2.05) is 30.3 Å². The van der Waals surface area contributed by atoms with E-state index in [1.165, 1.54) is 17.7 Å². The Kier molecular flexibility index (Phi) is 6.78. The Bertz CT molecular complexity index is 672. The number of benzene rings is 2. The Hall–Kier alpha value is -2.20. The molecule has 26 heavy (non-hydrogen) atoms. The summed E-state index contributed by atoms with van der Waals surface area (Å²) in [6, 6.07) is 16.6. The first-order chi connectivity index (χ1) is 12.8. The minimum atomic E-state index is 0.781. The predicted molar refractivity (Wildman–Crippen MR) is 108 cm³/mol. The van der Waals surface area contributed by atoms with E-state index in [0.717, 1.165) is 57.3 Å². The summed E-state index contributed by atoms with van der Waals surface area (Å²) in [5.41, 5.74) is 2.49. The lowest BCUT2D eigenvalue weighted by atomic mass is 10.2. The average molecular weight is 354 g/mol. The number of anilines is 1. The van der Waals surface area contributed by atoms with E-state index in [-0.39, 0.29) is 0 Å². The lowest BCUT2D eigenvalue weighted by Crippen LogP contribution is -2.31. The normalized spacial score (nSPS) is 15.5. The van der Waals surface area contributed by atoms with Crippen LogP contribution in [0.4, 0.5) is 5.69 Å². The van der Waals surface area contributed by atoms with Gasteiger partial charge in [0, 0.05) is 31.9 Å². The van der Waals surface area contributed by atoms with Crippen molar-refractivity contribution in [1.29, 1.82) is 0 Å². The van der Waals surface area contributed by atoms with Crippen LogP contribution in [0.2, 0.25) is 0 Å². The number of hydrogen-bond donors (Lipinski definition) is 0. The molecule has 0 amide bonds. The minimum absolute atomic E-state index is 0.781. The Morgan fingerprint density at radius 3 is 2.50 bits per heavy atom. The van der Waals surface area contributed by atoms with Crippen molar-refractivity contribution >= 4 is 5.69 Å². The van der Waals surface area contributed by atoms with Crippen molar-refractivity contribution in [3.8, 4) is 11.5 Å². The fourth-order valence-electron chi connectivity index (χ4n) is 3.43. The van der Waals surface area contributed by atoms with Crippen molar-refractivity contribution in [3.05, 3.63) is 54.1 Å². The smallest absolute Gasteiger partial charge is 0.122 e. The molecule has 0 bridgehead atoms. The molecule has 1 fully saturated rings. The topological polar surface area (TPSA) is 24.9 Å². The Morgan fingerprint density at radius 1 is 0.923 bits per heavy atom. The van der Waals surface area contributed by atoms with Gasteiger partial charge < -0.3 is 19.3 Å². The van der Waals surface area contributed by atoms with Crippen LogP contribution in [0.1, 0.15) is 18.4 Å². The first-order valence-corrected chi connectivity index (χ1v) is 9.56. The van der Waals surface area contributed by atoms with Gasteiger partial charge in [0.05, 0.1) is 13.7 Å². The van der Waals surface area contributed by atoms with E-state index < -0.39 is 0 Å². The maximum atomic E-state index is 5.92. The van der Waals surface area contributed by atoms with Gasteiger partial charge in [-0.25, -0.2) is 0 Å². The standard InChI is InChI=1S/C22H30N2O2/c1-19-7-3-4-8-22(19)26-18-6-14-23-13-5-15-24(17-16-23)20-9-11-21(25-2)12-10-20/h3-4,7-12H,5-6,13-18H2,1-2H3. The molecule has 0 spiro atoms. The van der Waals surface area contributed by atoms with Gasteiger partial charge in [0.15, 0.2) is 0 Å². The summed E-state index contributed by atoms with van der Waals surface area (Å²) in [5.74, 6) is 1.92. The number of nitrogens with zero attached hydrogens (tertiary/aromatic N) is 2. The Morgan fingerprint density at radius 2 is 1.73 bits per heavy atom. The summed E-state index contributed by atoms with van der Waals surface area (Å²) >= 11 is 0. The fraction of sp³-hybridized carbons (Fsp3) is 0.455. The highest BCUT2D eigenvalue weighted by atomic mass is 16.5. The highest BCUT2D eigenvalue weighted by Gasteiger charge is 2.15. The lowest BCUT2D eigenvalue weighted by Gasteiger charge is -2.24. The van der Waals surface area contributed by atoms with E-state index in [1.54, 1.807) is 7.11 Å².